The number of fused-ring (bicyclic) bond motifs is 1. The summed E-state index contributed by atoms with van der Waals surface area (Å²) in [6.45, 7) is 0.199. The molecule has 1 aliphatic rings. The van der Waals surface area contributed by atoms with Crippen molar-refractivity contribution in [3.8, 4) is 0 Å². The van der Waals surface area contributed by atoms with E-state index in [0.717, 1.165) is 15.0 Å². The maximum atomic E-state index is 12.7. The molecule has 1 aliphatic heterocycles. The lowest BCUT2D eigenvalue weighted by atomic mass is 10.1. The number of benzene rings is 1. The minimum Gasteiger partial charge on any atom is -0.382 e. The third-order valence-electron chi connectivity index (χ3n) is 3.96. The Hall–Kier alpha value is -1.80. The van der Waals surface area contributed by atoms with Gasteiger partial charge in [0.05, 0.1) is 6.04 Å². The summed E-state index contributed by atoms with van der Waals surface area (Å²) < 4.78 is 39.2. The van der Waals surface area contributed by atoms with Crippen LogP contribution in [0.15, 0.2) is 29.6 Å². The Kier molecular flexibility index (Phi) is 4.20. The number of rotatable bonds is 2. The van der Waals surface area contributed by atoms with Crippen molar-refractivity contribution in [3.05, 3.63) is 29.6 Å². The lowest BCUT2D eigenvalue weighted by Gasteiger charge is -2.29. The van der Waals surface area contributed by atoms with Crippen LogP contribution in [0.5, 0.6) is 0 Å². The fourth-order valence-electron chi connectivity index (χ4n) is 2.83. The molecule has 0 bridgehead atoms. The first-order chi connectivity index (χ1) is 10.9. The number of amides is 2. The fourth-order valence-corrected chi connectivity index (χ4v) is 3.60. The van der Waals surface area contributed by atoms with E-state index >= 15 is 0 Å². The van der Waals surface area contributed by atoms with Gasteiger partial charge in [-0.25, -0.2) is 4.79 Å². The van der Waals surface area contributed by atoms with Gasteiger partial charge in [-0.15, -0.1) is 11.3 Å². The number of carbonyl (C=O) groups excluding carboxylic acids is 1. The Labute approximate surface area is 134 Å². The number of alkyl halides is 3. The van der Waals surface area contributed by atoms with Gasteiger partial charge in [-0.2, -0.15) is 13.2 Å². The first-order valence-electron chi connectivity index (χ1n) is 7.16. The summed E-state index contributed by atoms with van der Waals surface area (Å²) in [5.74, 6) is 0. The van der Waals surface area contributed by atoms with Crippen molar-refractivity contribution < 1.29 is 23.1 Å². The predicted octanol–water partition coefficient (Wildman–Crippen LogP) is 3.82. The molecule has 8 heteroatoms. The standard InChI is InChI=1S/C15H15F3N2O2S/c16-15(17,18)13(21)11-2-1-6-20(11)14(22)19-10-3-4-12-9(8-10)5-7-23-12/h3-5,7-8,11,13,21H,1-2,6H2,(H,19,22)/t11-,13-/m1/s1. The minimum absolute atomic E-state index is 0.137. The second kappa shape index (κ2) is 6.01. The van der Waals surface area contributed by atoms with Crippen LogP contribution < -0.4 is 5.32 Å². The molecule has 1 fully saturated rings. The molecule has 2 heterocycles. The number of hydrogen-bond acceptors (Lipinski definition) is 3. The summed E-state index contributed by atoms with van der Waals surface area (Å²) in [7, 11) is 0. The van der Waals surface area contributed by atoms with E-state index in [9.17, 15) is 23.1 Å². The highest BCUT2D eigenvalue weighted by atomic mass is 32.1. The Balaban J connectivity index is 1.73. The largest absolute Gasteiger partial charge is 0.416 e. The Bertz CT molecular complexity index is 716. The van der Waals surface area contributed by atoms with Gasteiger partial charge in [-0.1, -0.05) is 0 Å². The van der Waals surface area contributed by atoms with Crippen LogP contribution in [-0.2, 0) is 0 Å². The van der Waals surface area contributed by atoms with E-state index < -0.39 is 24.4 Å². The highest BCUT2D eigenvalue weighted by Crippen LogP contribution is 2.31. The normalized spacial score (nSPS) is 20.0. The minimum atomic E-state index is -4.73. The van der Waals surface area contributed by atoms with Crippen molar-refractivity contribution in [2.24, 2.45) is 0 Å². The van der Waals surface area contributed by atoms with Crippen LogP contribution in [0, 0.1) is 0 Å². The summed E-state index contributed by atoms with van der Waals surface area (Å²) in [4.78, 5) is 13.3. The number of halogens is 3. The first kappa shape index (κ1) is 16.1. The number of aliphatic hydroxyl groups excluding tert-OH is 1. The van der Waals surface area contributed by atoms with Crippen molar-refractivity contribution in [1.29, 1.82) is 0 Å². The maximum Gasteiger partial charge on any atom is 0.416 e. The van der Waals surface area contributed by atoms with E-state index in [0.29, 0.717) is 12.1 Å². The molecular formula is C15H15F3N2O2S. The smallest absolute Gasteiger partial charge is 0.382 e. The van der Waals surface area contributed by atoms with Gasteiger partial charge in [-0.05, 0) is 47.9 Å². The molecule has 2 N–H and O–H groups in total. The van der Waals surface area contributed by atoms with Gasteiger partial charge in [-0.3, -0.25) is 0 Å². The van der Waals surface area contributed by atoms with Gasteiger partial charge in [0.2, 0.25) is 0 Å². The van der Waals surface area contributed by atoms with Crippen LogP contribution >= 0.6 is 11.3 Å². The second-order valence-electron chi connectivity index (χ2n) is 5.49. The molecule has 2 aromatic rings. The van der Waals surface area contributed by atoms with Crippen molar-refractivity contribution in [2.75, 3.05) is 11.9 Å². The molecule has 0 unspecified atom stereocenters. The predicted molar refractivity (Wildman–Crippen MR) is 82.6 cm³/mol. The van der Waals surface area contributed by atoms with Gasteiger partial charge < -0.3 is 15.3 Å². The first-order valence-corrected chi connectivity index (χ1v) is 8.04. The number of aliphatic hydroxyl groups is 1. The molecule has 0 spiro atoms. The average Bonchev–Trinajstić information content (AvgIpc) is 3.13. The van der Waals surface area contributed by atoms with Crippen LogP contribution in [0.1, 0.15) is 12.8 Å². The molecule has 0 radical (unpaired) electrons. The lowest BCUT2D eigenvalue weighted by Crippen LogP contribution is -2.50. The van der Waals surface area contributed by atoms with Crippen molar-refractivity contribution >= 4 is 33.1 Å². The van der Waals surface area contributed by atoms with Crippen LogP contribution in [0.2, 0.25) is 0 Å². The molecule has 0 aliphatic carbocycles. The van der Waals surface area contributed by atoms with Crippen LogP contribution in [0.4, 0.5) is 23.7 Å². The summed E-state index contributed by atoms with van der Waals surface area (Å²) in [5.41, 5.74) is 0.521. The van der Waals surface area contributed by atoms with Gasteiger partial charge in [0.15, 0.2) is 6.10 Å². The Morgan fingerprint density at radius 3 is 2.91 bits per heavy atom. The zero-order valence-electron chi connectivity index (χ0n) is 12.0. The van der Waals surface area contributed by atoms with Gasteiger partial charge >= 0.3 is 12.2 Å². The molecule has 1 saturated heterocycles. The van der Waals surface area contributed by atoms with E-state index in [2.05, 4.69) is 5.32 Å². The molecule has 3 rings (SSSR count). The SMILES string of the molecule is O=C(Nc1ccc2sccc2c1)N1CCC[C@@H]1[C@@H](O)C(F)(F)F. The maximum absolute atomic E-state index is 12.7. The van der Waals surface area contributed by atoms with Crippen molar-refractivity contribution in [1.82, 2.24) is 4.90 Å². The van der Waals surface area contributed by atoms with E-state index in [-0.39, 0.29) is 13.0 Å². The number of nitrogens with one attached hydrogen (secondary N) is 1. The number of nitrogens with zero attached hydrogens (tertiary/aromatic N) is 1. The van der Waals surface area contributed by atoms with E-state index in [1.165, 1.54) is 0 Å². The average molecular weight is 344 g/mol. The van der Waals surface area contributed by atoms with Gasteiger partial charge in [0.25, 0.3) is 0 Å². The second-order valence-corrected chi connectivity index (χ2v) is 6.44. The quantitative estimate of drug-likeness (QED) is 0.870. The molecule has 124 valence electrons. The summed E-state index contributed by atoms with van der Waals surface area (Å²) in [6.07, 6.45) is -6.68. The molecule has 2 atom stereocenters. The number of urea groups is 1. The topological polar surface area (TPSA) is 52.6 Å². The number of carbonyl (C=O) groups is 1. The highest BCUT2D eigenvalue weighted by Gasteiger charge is 2.48. The molecule has 4 nitrogen and oxygen atoms in total. The van der Waals surface area contributed by atoms with Gasteiger partial charge in [0, 0.05) is 16.9 Å². The summed E-state index contributed by atoms with van der Waals surface area (Å²) in [5, 5.41) is 14.9. The third kappa shape index (κ3) is 3.28. The van der Waals surface area contributed by atoms with E-state index in [4.69, 9.17) is 0 Å². The summed E-state index contributed by atoms with van der Waals surface area (Å²) >= 11 is 1.57. The van der Waals surface area contributed by atoms with E-state index in [1.54, 1.807) is 23.5 Å². The number of hydrogen-bond donors (Lipinski definition) is 2. The van der Waals surface area contributed by atoms with Crippen LogP contribution in [0.3, 0.4) is 0 Å². The molecule has 2 amide bonds. The lowest BCUT2D eigenvalue weighted by molar-refractivity contribution is -0.216. The molecule has 1 aromatic heterocycles. The Morgan fingerprint density at radius 1 is 1.39 bits per heavy atom. The molecular weight excluding hydrogens is 329 g/mol. The third-order valence-corrected chi connectivity index (χ3v) is 4.86. The van der Waals surface area contributed by atoms with Crippen molar-refractivity contribution in [2.45, 2.75) is 31.2 Å². The summed E-state index contributed by atoms with van der Waals surface area (Å²) in [6, 6.07) is 5.38. The van der Waals surface area contributed by atoms with Gasteiger partial charge in [0.1, 0.15) is 0 Å². The highest BCUT2D eigenvalue weighted by molar-refractivity contribution is 7.17. The molecule has 0 saturated carbocycles. The van der Waals surface area contributed by atoms with Crippen LogP contribution in [0.25, 0.3) is 10.1 Å². The number of thiophene rings is 1. The number of likely N-dealkylation sites (tertiary alicyclic amines) is 1. The number of anilines is 1. The molecule has 23 heavy (non-hydrogen) atoms. The zero-order valence-corrected chi connectivity index (χ0v) is 12.8. The monoisotopic (exact) mass is 344 g/mol. The zero-order chi connectivity index (χ0) is 16.6. The Morgan fingerprint density at radius 2 is 2.17 bits per heavy atom. The van der Waals surface area contributed by atoms with Crippen LogP contribution in [-0.4, -0.2) is 40.9 Å². The molecule has 1 aromatic carbocycles. The fraction of sp³-hybridized carbons (Fsp3) is 0.400. The van der Waals surface area contributed by atoms with Crippen molar-refractivity contribution in [3.63, 3.8) is 0 Å². The van der Waals surface area contributed by atoms with E-state index in [1.807, 2.05) is 17.5 Å².